The van der Waals surface area contributed by atoms with Gasteiger partial charge in [-0.05, 0) is 48.8 Å². The summed E-state index contributed by atoms with van der Waals surface area (Å²) in [6.45, 7) is 4.50. The van der Waals surface area contributed by atoms with E-state index in [0.29, 0.717) is 11.8 Å². The van der Waals surface area contributed by atoms with Crippen molar-refractivity contribution in [3.8, 4) is 0 Å². The van der Waals surface area contributed by atoms with Crippen LogP contribution in [0.4, 0.5) is 4.39 Å². The van der Waals surface area contributed by atoms with E-state index in [9.17, 15) is 9.18 Å². The zero-order valence-corrected chi connectivity index (χ0v) is 12.3. The van der Waals surface area contributed by atoms with Crippen molar-refractivity contribution in [3.63, 3.8) is 0 Å². The van der Waals surface area contributed by atoms with Crippen LogP contribution in [0.1, 0.15) is 45.1 Å². The number of hydrogen-bond donors (Lipinski definition) is 0. The van der Waals surface area contributed by atoms with Crippen molar-refractivity contribution in [1.82, 2.24) is 0 Å². The molecule has 1 aromatic rings. The molecule has 0 aromatic heterocycles. The Morgan fingerprint density at radius 2 is 2.00 bits per heavy atom. The first-order valence-electron chi connectivity index (χ1n) is 6.84. The highest BCUT2D eigenvalue weighted by molar-refractivity contribution is 6.30. The Morgan fingerprint density at radius 3 is 2.58 bits per heavy atom. The third-order valence-electron chi connectivity index (χ3n) is 4.16. The summed E-state index contributed by atoms with van der Waals surface area (Å²) < 4.78 is 13.3. The van der Waals surface area contributed by atoms with E-state index < -0.39 is 5.82 Å². The van der Waals surface area contributed by atoms with Crippen molar-refractivity contribution in [2.24, 2.45) is 11.3 Å². The number of carbonyl (C=O) groups is 1. The maximum Gasteiger partial charge on any atom is 0.142 e. The monoisotopic (exact) mass is 282 g/mol. The van der Waals surface area contributed by atoms with Crippen LogP contribution in [0.3, 0.4) is 0 Å². The zero-order chi connectivity index (χ0) is 14.0. The molecular formula is C16H20ClFO. The maximum absolute atomic E-state index is 13.3. The third-order valence-corrected chi connectivity index (χ3v) is 4.46. The van der Waals surface area contributed by atoms with E-state index >= 15 is 0 Å². The topological polar surface area (TPSA) is 17.1 Å². The summed E-state index contributed by atoms with van der Waals surface area (Å²) in [5, 5.41) is 0.107. The van der Waals surface area contributed by atoms with Gasteiger partial charge in [-0.3, -0.25) is 4.79 Å². The van der Waals surface area contributed by atoms with Gasteiger partial charge < -0.3 is 0 Å². The van der Waals surface area contributed by atoms with Crippen LogP contribution < -0.4 is 0 Å². The highest BCUT2D eigenvalue weighted by Gasteiger charge is 2.30. The highest BCUT2D eigenvalue weighted by atomic mass is 35.5. The Kier molecular flexibility index (Phi) is 4.29. The Bertz CT molecular complexity index is 472. The van der Waals surface area contributed by atoms with Gasteiger partial charge in [0.05, 0.1) is 5.02 Å². The number of carbonyl (C=O) groups excluding carboxylic acids is 1. The van der Waals surface area contributed by atoms with Gasteiger partial charge in [0.1, 0.15) is 11.6 Å². The first-order valence-corrected chi connectivity index (χ1v) is 7.22. The molecule has 0 heterocycles. The molecule has 0 N–H and O–H groups in total. The van der Waals surface area contributed by atoms with Crippen LogP contribution in [0.25, 0.3) is 0 Å². The minimum absolute atomic E-state index is 0.107. The average Bonchev–Trinajstić information content (AvgIpc) is 2.33. The first kappa shape index (κ1) is 14.5. The summed E-state index contributed by atoms with van der Waals surface area (Å²) in [4.78, 5) is 12.2. The second kappa shape index (κ2) is 5.62. The van der Waals surface area contributed by atoms with Crippen molar-refractivity contribution >= 4 is 17.4 Å². The first-order chi connectivity index (χ1) is 8.87. The standard InChI is InChI=1S/C16H20ClFO/c1-16(2)7-5-12(6-8-16)15(19)10-11-3-4-13(17)14(18)9-11/h3-4,9,12H,5-8,10H2,1-2H3. The molecule has 1 fully saturated rings. The molecule has 0 saturated heterocycles. The SMILES string of the molecule is CC1(C)CCC(C(=O)Cc2ccc(Cl)c(F)c2)CC1. The van der Waals surface area contributed by atoms with E-state index in [1.807, 2.05) is 0 Å². The molecule has 0 unspecified atom stereocenters. The van der Waals surface area contributed by atoms with Gasteiger partial charge in [0.15, 0.2) is 0 Å². The fourth-order valence-corrected chi connectivity index (χ4v) is 2.83. The third kappa shape index (κ3) is 3.79. The molecule has 0 amide bonds. The summed E-state index contributed by atoms with van der Waals surface area (Å²) >= 11 is 5.64. The normalized spacial score (nSPS) is 19.4. The largest absolute Gasteiger partial charge is 0.299 e. The molecule has 2 rings (SSSR count). The van der Waals surface area contributed by atoms with Crippen LogP contribution in [-0.2, 0) is 11.2 Å². The Balaban J connectivity index is 1.96. The number of rotatable bonds is 3. The fraction of sp³-hybridized carbons (Fsp3) is 0.562. The summed E-state index contributed by atoms with van der Waals surface area (Å²) in [6, 6.07) is 4.62. The number of Topliss-reactive ketones (excluding diaryl/α,β-unsaturated/α-hetero) is 1. The summed E-state index contributed by atoms with van der Waals surface area (Å²) in [7, 11) is 0. The zero-order valence-electron chi connectivity index (χ0n) is 11.5. The molecule has 104 valence electrons. The van der Waals surface area contributed by atoms with Crippen LogP contribution in [0.5, 0.6) is 0 Å². The molecule has 0 aliphatic heterocycles. The predicted octanol–water partition coefficient (Wildman–Crippen LogP) is 4.81. The predicted molar refractivity (Wildman–Crippen MR) is 75.9 cm³/mol. The molecule has 1 aliphatic rings. The van der Waals surface area contributed by atoms with E-state index in [4.69, 9.17) is 11.6 Å². The Labute approximate surface area is 119 Å². The molecule has 1 nitrogen and oxygen atoms in total. The molecule has 0 bridgehead atoms. The van der Waals surface area contributed by atoms with Crippen molar-refractivity contribution in [2.45, 2.75) is 46.0 Å². The van der Waals surface area contributed by atoms with Crippen LogP contribution in [0.2, 0.25) is 5.02 Å². The van der Waals surface area contributed by atoms with E-state index in [0.717, 1.165) is 31.2 Å². The van der Waals surface area contributed by atoms with Gasteiger partial charge in [-0.25, -0.2) is 4.39 Å². The Morgan fingerprint density at radius 1 is 1.37 bits per heavy atom. The average molecular weight is 283 g/mol. The minimum atomic E-state index is -0.447. The summed E-state index contributed by atoms with van der Waals surface area (Å²) in [6.07, 6.45) is 4.43. The second-order valence-corrected chi connectivity index (χ2v) is 6.74. The molecule has 1 aromatic carbocycles. The maximum atomic E-state index is 13.3. The lowest BCUT2D eigenvalue weighted by Crippen LogP contribution is -2.27. The van der Waals surface area contributed by atoms with Gasteiger partial charge in [-0.15, -0.1) is 0 Å². The van der Waals surface area contributed by atoms with Crippen LogP contribution in [0, 0.1) is 17.2 Å². The molecular weight excluding hydrogens is 263 g/mol. The summed E-state index contributed by atoms with van der Waals surface area (Å²) in [5.74, 6) is -0.0688. The number of benzene rings is 1. The van der Waals surface area contributed by atoms with Crippen LogP contribution >= 0.6 is 11.6 Å². The fourth-order valence-electron chi connectivity index (χ4n) is 2.72. The lowest BCUT2D eigenvalue weighted by atomic mass is 9.71. The number of ketones is 1. The molecule has 3 heteroatoms. The van der Waals surface area contributed by atoms with Gasteiger partial charge in [-0.2, -0.15) is 0 Å². The summed E-state index contributed by atoms with van der Waals surface area (Å²) in [5.41, 5.74) is 1.08. The molecule has 0 spiro atoms. The van der Waals surface area contributed by atoms with Crippen LogP contribution in [-0.4, -0.2) is 5.78 Å². The van der Waals surface area contributed by atoms with Crippen molar-refractivity contribution in [3.05, 3.63) is 34.6 Å². The van der Waals surface area contributed by atoms with Crippen molar-refractivity contribution < 1.29 is 9.18 Å². The van der Waals surface area contributed by atoms with Crippen molar-refractivity contribution in [1.29, 1.82) is 0 Å². The minimum Gasteiger partial charge on any atom is -0.299 e. The van der Waals surface area contributed by atoms with E-state index in [1.165, 1.54) is 12.1 Å². The quantitative estimate of drug-likeness (QED) is 0.778. The lowest BCUT2D eigenvalue weighted by Gasteiger charge is -2.33. The molecule has 1 saturated carbocycles. The molecule has 0 radical (unpaired) electrons. The molecule has 0 atom stereocenters. The second-order valence-electron chi connectivity index (χ2n) is 6.33. The lowest BCUT2D eigenvalue weighted by molar-refractivity contribution is -0.123. The number of halogens is 2. The molecule has 1 aliphatic carbocycles. The van der Waals surface area contributed by atoms with Crippen LogP contribution in [0.15, 0.2) is 18.2 Å². The van der Waals surface area contributed by atoms with E-state index in [2.05, 4.69) is 13.8 Å². The van der Waals surface area contributed by atoms with Gasteiger partial charge >= 0.3 is 0 Å². The molecule has 19 heavy (non-hydrogen) atoms. The van der Waals surface area contributed by atoms with Gasteiger partial charge in [0, 0.05) is 12.3 Å². The Hall–Kier alpha value is -0.890. The van der Waals surface area contributed by atoms with Gasteiger partial charge in [0.25, 0.3) is 0 Å². The van der Waals surface area contributed by atoms with Crippen molar-refractivity contribution in [2.75, 3.05) is 0 Å². The highest BCUT2D eigenvalue weighted by Crippen LogP contribution is 2.38. The number of hydrogen-bond acceptors (Lipinski definition) is 1. The van der Waals surface area contributed by atoms with Gasteiger partial charge in [0.2, 0.25) is 0 Å². The smallest absolute Gasteiger partial charge is 0.142 e. The van der Waals surface area contributed by atoms with Gasteiger partial charge in [-0.1, -0.05) is 31.5 Å². The van der Waals surface area contributed by atoms with E-state index in [-0.39, 0.29) is 16.7 Å². The van der Waals surface area contributed by atoms with E-state index in [1.54, 1.807) is 6.07 Å².